The summed E-state index contributed by atoms with van der Waals surface area (Å²) in [5.41, 5.74) is 6.83. The van der Waals surface area contributed by atoms with Crippen LogP contribution in [0.4, 0.5) is 0 Å². The van der Waals surface area contributed by atoms with Crippen LogP contribution in [0.1, 0.15) is 24.4 Å². The highest BCUT2D eigenvalue weighted by molar-refractivity contribution is 9.10. The van der Waals surface area contributed by atoms with Crippen molar-refractivity contribution in [2.24, 2.45) is 11.7 Å². The van der Waals surface area contributed by atoms with Crippen molar-refractivity contribution in [3.8, 4) is 0 Å². The van der Waals surface area contributed by atoms with Gasteiger partial charge in [-0.05, 0) is 46.3 Å². The van der Waals surface area contributed by atoms with Crippen LogP contribution >= 0.6 is 15.9 Å². The van der Waals surface area contributed by atoms with E-state index in [2.05, 4.69) is 20.9 Å². The summed E-state index contributed by atoms with van der Waals surface area (Å²) in [7, 11) is 0. The predicted octanol–water partition coefficient (Wildman–Crippen LogP) is 1.61. The molecule has 14 heavy (non-hydrogen) atoms. The highest BCUT2D eigenvalue weighted by atomic mass is 79.9. The van der Waals surface area contributed by atoms with E-state index >= 15 is 0 Å². The van der Waals surface area contributed by atoms with E-state index in [1.807, 2.05) is 6.07 Å². The number of nitrogens with zero attached hydrogens (tertiary/aromatic N) is 1. The third-order valence-corrected chi connectivity index (χ3v) is 3.02. The number of halogens is 1. The number of aliphatic hydroxyl groups is 1. The Morgan fingerprint density at radius 1 is 1.50 bits per heavy atom. The molecule has 1 aliphatic rings. The monoisotopic (exact) mass is 256 g/mol. The standard InChI is InChI=1S/C10H13BrN2O/c11-8-3-7(4-13-5-8)9(12)10(14)6-1-2-6/h3-6,9-10,14H,1-2,12H2. The van der Waals surface area contributed by atoms with Crippen molar-refractivity contribution in [1.29, 1.82) is 0 Å². The smallest absolute Gasteiger partial charge is 0.0761 e. The average molecular weight is 257 g/mol. The van der Waals surface area contributed by atoms with E-state index in [1.54, 1.807) is 12.4 Å². The first kappa shape index (κ1) is 10.1. The normalized spacial score (nSPS) is 20.5. The molecule has 4 heteroatoms. The minimum Gasteiger partial charge on any atom is -0.391 e. The average Bonchev–Trinajstić information content (AvgIpc) is 2.99. The van der Waals surface area contributed by atoms with Crippen molar-refractivity contribution >= 4 is 15.9 Å². The van der Waals surface area contributed by atoms with Gasteiger partial charge in [0, 0.05) is 16.9 Å². The maximum absolute atomic E-state index is 9.83. The predicted molar refractivity (Wildman–Crippen MR) is 57.6 cm³/mol. The number of hydrogen-bond donors (Lipinski definition) is 2. The third-order valence-electron chi connectivity index (χ3n) is 2.58. The van der Waals surface area contributed by atoms with E-state index in [0.29, 0.717) is 5.92 Å². The van der Waals surface area contributed by atoms with Crippen LogP contribution in [0.25, 0.3) is 0 Å². The van der Waals surface area contributed by atoms with Gasteiger partial charge < -0.3 is 10.8 Å². The Balaban J connectivity index is 2.13. The van der Waals surface area contributed by atoms with Gasteiger partial charge in [-0.2, -0.15) is 0 Å². The number of rotatable bonds is 3. The molecule has 2 unspecified atom stereocenters. The molecule has 0 amide bonds. The van der Waals surface area contributed by atoms with Crippen LogP contribution in [0.5, 0.6) is 0 Å². The molecule has 0 radical (unpaired) electrons. The molecule has 1 heterocycles. The van der Waals surface area contributed by atoms with E-state index in [-0.39, 0.29) is 6.04 Å². The lowest BCUT2D eigenvalue weighted by Crippen LogP contribution is -2.27. The molecule has 0 bridgehead atoms. The summed E-state index contributed by atoms with van der Waals surface area (Å²) < 4.78 is 0.897. The van der Waals surface area contributed by atoms with Crippen LogP contribution < -0.4 is 5.73 Å². The summed E-state index contributed by atoms with van der Waals surface area (Å²) in [6.07, 6.45) is 5.18. The zero-order valence-corrected chi connectivity index (χ0v) is 9.31. The zero-order chi connectivity index (χ0) is 10.1. The summed E-state index contributed by atoms with van der Waals surface area (Å²) in [5.74, 6) is 0.393. The molecule has 76 valence electrons. The second-order valence-corrected chi connectivity index (χ2v) is 4.71. The van der Waals surface area contributed by atoms with Crippen LogP contribution in [-0.2, 0) is 0 Å². The quantitative estimate of drug-likeness (QED) is 0.864. The van der Waals surface area contributed by atoms with Crippen LogP contribution in [0.2, 0.25) is 0 Å². The van der Waals surface area contributed by atoms with Crippen LogP contribution in [0, 0.1) is 5.92 Å². The minimum absolute atomic E-state index is 0.313. The fraction of sp³-hybridized carbons (Fsp3) is 0.500. The molecular weight excluding hydrogens is 244 g/mol. The van der Waals surface area contributed by atoms with E-state index < -0.39 is 6.10 Å². The lowest BCUT2D eigenvalue weighted by molar-refractivity contribution is 0.122. The summed E-state index contributed by atoms with van der Waals surface area (Å²) in [5, 5.41) is 9.83. The molecule has 3 N–H and O–H groups in total. The molecule has 2 rings (SSSR count). The first-order valence-corrected chi connectivity index (χ1v) is 5.52. The van der Waals surface area contributed by atoms with Crippen LogP contribution in [0.3, 0.4) is 0 Å². The minimum atomic E-state index is -0.425. The molecule has 3 nitrogen and oxygen atoms in total. The fourth-order valence-electron chi connectivity index (χ4n) is 1.54. The molecule has 1 aromatic rings. The molecule has 0 aromatic carbocycles. The Bertz CT molecular complexity index is 328. The summed E-state index contributed by atoms with van der Waals surface area (Å²) in [6.45, 7) is 0. The van der Waals surface area contributed by atoms with E-state index in [1.165, 1.54) is 0 Å². The Labute approximate surface area is 91.5 Å². The molecule has 1 aliphatic carbocycles. The van der Waals surface area contributed by atoms with E-state index in [9.17, 15) is 5.11 Å². The van der Waals surface area contributed by atoms with Gasteiger partial charge in [0.1, 0.15) is 0 Å². The van der Waals surface area contributed by atoms with Gasteiger partial charge in [0.25, 0.3) is 0 Å². The number of hydrogen-bond acceptors (Lipinski definition) is 3. The van der Waals surface area contributed by atoms with Gasteiger partial charge in [-0.15, -0.1) is 0 Å². The molecule has 1 fully saturated rings. The largest absolute Gasteiger partial charge is 0.391 e. The topological polar surface area (TPSA) is 59.1 Å². The summed E-state index contributed by atoms with van der Waals surface area (Å²) in [4.78, 5) is 4.03. The SMILES string of the molecule is NC(c1cncc(Br)c1)C(O)C1CC1. The lowest BCUT2D eigenvalue weighted by Gasteiger charge is -2.18. The van der Waals surface area contributed by atoms with Crippen molar-refractivity contribution in [2.75, 3.05) is 0 Å². The maximum Gasteiger partial charge on any atom is 0.0761 e. The van der Waals surface area contributed by atoms with Gasteiger partial charge >= 0.3 is 0 Å². The van der Waals surface area contributed by atoms with Crippen molar-refractivity contribution < 1.29 is 5.11 Å². The molecule has 0 aliphatic heterocycles. The summed E-state index contributed by atoms with van der Waals surface area (Å²) in [6, 6.07) is 1.59. The van der Waals surface area contributed by atoms with Gasteiger partial charge in [0.15, 0.2) is 0 Å². The Morgan fingerprint density at radius 2 is 2.21 bits per heavy atom. The molecule has 1 saturated carbocycles. The van der Waals surface area contributed by atoms with Crippen LogP contribution in [-0.4, -0.2) is 16.2 Å². The molecule has 0 spiro atoms. The number of aromatic nitrogens is 1. The second kappa shape index (κ2) is 3.96. The van der Waals surface area contributed by atoms with Gasteiger partial charge in [0.2, 0.25) is 0 Å². The molecule has 1 aromatic heterocycles. The zero-order valence-electron chi connectivity index (χ0n) is 7.73. The van der Waals surface area contributed by atoms with Crippen molar-refractivity contribution in [2.45, 2.75) is 25.0 Å². The Morgan fingerprint density at radius 3 is 2.79 bits per heavy atom. The third kappa shape index (κ3) is 2.13. The van der Waals surface area contributed by atoms with Crippen molar-refractivity contribution in [3.05, 3.63) is 28.5 Å². The van der Waals surface area contributed by atoms with E-state index in [0.717, 1.165) is 22.9 Å². The maximum atomic E-state index is 9.83. The Kier molecular flexibility index (Phi) is 2.85. The fourth-order valence-corrected chi connectivity index (χ4v) is 1.92. The van der Waals surface area contributed by atoms with E-state index in [4.69, 9.17) is 5.73 Å². The Hall–Kier alpha value is -0.450. The summed E-state index contributed by atoms with van der Waals surface area (Å²) >= 11 is 3.33. The molecule has 0 saturated heterocycles. The second-order valence-electron chi connectivity index (χ2n) is 3.79. The number of nitrogens with two attached hydrogens (primary N) is 1. The number of pyridine rings is 1. The van der Waals surface area contributed by atoms with Gasteiger partial charge in [0.05, 0.1) is 12.1 Å². The van der Waals surface area contributed by atoms with Gasteiger partial charge in [-0.25, -0.2) is 0 Å². The van der Waals surface area contributed by atoms with Crippen molar-refractivity contribution in [1.82, 2.24) is 4.98 Å². The highest BCUT2D eigenvalue weighted by Crippen LogP contribution is 2.37. The van der Waals surface area contributed by atoms with Gasteiger partial charge in [-0.3, -0.25) is 4.98 Å². The van der Waals surface area contributed by atoms with Crippen LogP contribution in [0.15, 0.2) is 22.9 Å². The number of aliphatic hydroxyl groups excluding tert-OH is 1. The highest BCUT2D eigenvalue weighted by Gasteiger charge is 2.34. The first-order valence-electron chi connectivity index (χ1n) is 4.72. The molecular formula is C10H13BrN2O. The lowest BCUT2D eigenvalue weighted by atomic mass is 10.0. The first-order chi connectivity index (χ1) is 6.68. The molecule has 2 atom stereocenters. The van der Waals surface area contributed by atoms with Crippen molar-refractivity contribution in [3.63, 3.8) is 0 Å². The van der Waals surface area contributed by atoms with Gasteiger partial charge in [-0.1, -0.05) is 0 Å².